The van der Waals surface area contributed by atoms with E-state index >= 15 is 0 Å². The van der Waals surface area contributed by atoms with Crippen LogP contribution in [0.15, 0.2) is 24.3 Å². The molecule has 112 valence electrons. The number of hydrogen-bond acceptors (Lipinski definition) is 4. The average molecular weight is 291 g/mol. The molecule has 1 fully saturated rings. The minimum absolute atomic E-state index is 0.0426. The van der Waals surface area contributed by atoms with E-state index < -0.39 is 17.0 Å². The lowest BCUT2D eigenvalue weighted by atomic mass is 10.0. The van der Waals surface area contributed by atoms with E-state index in [1.807, 2.05) is 13.8 Å². The van der Waals surface area contributed by atoms with Gasteiger partial charge in [0.05, 0.1) is 11.5 Å². The standard InChI is InChI=1S/C14H17N3O4/c1-9(2)6-12-13(18)16(14(19)15-12)8-10-4-3-5-11(7-10)17(20)21/h3-5,7,9,12H,6,8H2,1-2H3,(H,15,19). The van der Waals surface area contributed by atoms with Gasteiger partial charge in [-0.05, 0) is 17.9 Å². The van der Waals surface area contributed by atoms with Crippen LogP contribution in [0, 0.1) is 16.0 Å². The Labute approximate surface area is 122 Å². The average Bonchev–Trinajstić information content (AvgIpc) is 2.66. The normalized spacial score (nSPS) is 18.2. The van der Waals surface area contributed by atoms with Gasteiger partial charge in [-0.2, -0.15) is 0 Å². The zero-order valence-corrected chi connectivity index (χ0v) is 11.9. The van der Waals surface area contributed by atoms with Gasteiger partial charge in [0.2, 0.25) is 0 Å². The van der Waals surface area contributed by atoms with Gasteiger partial charge in [0, 0.05) is 12.1 Å². The first-order valence-corrected chi connectivity index (χ1v) is 6.73. The molecule has 0 aromatic heterocycles. The number of urea groups is 1. The highest BCUT2D eigenvalue weighted by Gasteiger charge is 2.37. The Morgan fingerprint density at radius 1 is 1.38 bits per heavy atom. The SMILES string of the molecule is CC(C)CC1NC(=O)N(Cc2cccc([N+](=O)[O-])c2)C1=O. The molecule has 1 aromatic carbocycles. The zero-order valence-electron chi connectivity index (χ0n) is 11.9. The number of nitrogens with zero attached hydrogens (tertiary/aromatic N) is 2. The number of amides is 3. The Bertz CT molecular complexity index is 585. The lowest BCUT2D eigenvalue weighted by Gasteiger charge is -2.13. The largest absolute Gasteiger partial charge is 0.326 e. The van der Waals surface area contributed by atoms with Crippen molar-refractivity contribution in [2.75, 3.05) is 0 Å². The molecule has 21 heavy (non-hydrogen) atoms. The Kier molecular flexibility index (Phi) is 4.21. The minimum Gasteiger partial charge on any atom is -0.326 e. The van der Waals surface area contributed by atoms with E-state index in [1.54, 1.807) is 6.07 Å². The maximum atomic E-state index is 12.2. The molecule has 0 aliphatic carbocycles. The summed E-state index contributed by atoms with van der Waals surface area (Å²) >= 11 is 0. The fourth-order valence-electron chi connectivity index (χ4n) is 2.31. The van der Waals surface area contributed by atoms with E-state index in [4.69, 9.17) is 0 Å². The molecule has 2 rings (SSSR count). The molecule has 0 spiro atoms. The van der Waals surface area contributed by atoms with E-state index in [1.165, 1.54) is 18.2 Å². The fourth-order valence-corrected chi connectivity index (χ4v) is 2.31. The molecule has 1 N–H and O–H groups in total. The Morgan fingerprint density at radius 2 is 2.10 bits per heavy atom. The molecule has 7 heteroatoms. The Morgan fingerprint density at radius 3 is 2.71 bits per heavy atom. The van der Waals surface area contributed by atoms with E-state index in [0.29, 0.717) is 12.0 Å². The smallest absolute Gasteiger partial charge is 0.325 e. The van der Waals surface area contributed by atoms with Crippen molar-refractivity contribution in [2.45, 2.75) is 32.9 Å². The maximum Gasteiger partial charge on any atom is 0.325 e. The molecule has 3 amide bonds. The first-order chi connectivity index (χ1) is 9.88. The van der Waals surface area contributed by atoms with Crippen molar-refractivity contribution in [1.82, 2.24) is 10.2 Å². The van der Waals surface area contributed by atoms with Crippen molar-refractivity contribution in [1.29, 1.82) is 0 Å². The second kappa shape index (κ2) is 5.90. The van der Waals surface area contributed by atoms with Gasteiger partial charge in [0.15, 0.2) is 0 Å². The molecule has 1 aromatic rings. The van der Waals surface area contributed by atoms with Crippen molar-refractivity contribution in [2.24, 2.45) is 5.92 Å². The Hall–Kier alpha value is -2.44. The number of rotatable bonds is 5. The van der Waals surface area contributed by atoms with Crippen molar-refractivity contribution in [3.8, 4) is 0 Å². The summed E-state index contributed by atoms with van der Waals surface area (Å²) in [7, 11) is 0. The summed E-state index contributed by atoms with van der Waals surface area (Å²) in [5.74, 6) is 0.0113. The summed E-state index contributed by atoms with van der Waals surface area (Å²) in [6, 6.07) is 4.99. The second-order valence-corrected chi connectivity index (χ2v) is 5.48. The van der Waals surface area contributed by atoms with Gasteiger partial charge in [-0.3, -0.25) is 19.8 Å². The number of nitro benzene ring substituents is 1. The number of hydrogen-bond donors (Lipinski definition) is 1. The summed E-state index contributed by atoms with van der Waals surface area (Å²) in [4.78, 5) is 35.4. The van der Waals surface area contributed by atoms with Crippen molar-refractivity contribution < 1.29 is 14.5 Å². The van der Waals surface area contributed by atoms with Gasteiger partial charge in [-0.25, -0.2) is 4.79 Å². The number of nitrogens with one attached hydrogen (secondary N) is 1. The number of benzene rings is 1. The minimum atomic E-state index is -0.504. The summed E-state index contributed by atoms with van der Waals surface area (Å²) in [6.07, 6.45) is 0.579. The summed E-state index contributed by atoms with van der Waals surface area (Å²) in [5.41, 5.74) is 0.496. The third-order valence-corrected chi connectivity index (χ3v) is 3.28. The van der Waals surface area contributed by atoms with Gasteiger partial charge in [0.1, 0.15) is 6.04 Å². The first-order valence-electron chi connectivity index (χ1n) is 6.73. The van der Waals surface area contributed by atoms with Crippen molar-refractivity contribution in [3.63, 3.8) is 0 Å². The number of nitro groups is 1. The van der Waals surface area contributed by atoms with E-state index in [0.717, 1.165) is 4.90 Å². The van der Waals surface area contributed by atoms with Crippen LogP contribution in [0.25, 0.3) is 0 Å². The topological polar surface area (TPSA) is 92.6 Å². The molecule has 1 saturated heterocycles. The summed E-state index contributed by atoms with van der Waals surface area (Å²) in [5, 5.41) is 13.4. The molecule has 1 aliphatic rings. The highest BCUT2D eigenvalue weighted by molar-refractivity contribution is 6.04. The molecule has 1 aliphatic heterocycles. The zero-order chi connectivity index (χ0) is 15.6. The van der Waals surface area contributed by atoms with Gasteiger partial charge >= 0.3 is 6.03 Å². The Balaban J connectivity index is 2.12. The predicted molar refractivity (Wildman–Crippen MR) is 75.4 cm³/mol. The lowest BCUT2D eigenvalue weighted by Crippen LogP contribution is -2.31. The summed E-state index contributed by atoms with van der Waals surface area (Å²) in [6.45, 7) is 3.99. The predicted octanol–water partition coefficient (Wildman–Crippen LogP) is 2.06. The van der Waals surface area contributed by atoms with Gasteiger partial charge in [-0.1, -0.05) is 26.0 Å². The number of non-ortho nitro benzene ring substituents is 1. The molecule has 1 atom stereocenters. The maximum absolute atomic E-state index is 12.2. The lowest BCUT2D eigenvalue weighted by molar-refractivity contribution is -0.384. The quantitative estimate of drug-likeness (QED) is 0.510. The van der Waals surface area contributed by atoms with Gasteiger partial charge in [-0.15, -0.1) is 0 Å². The van der Waals surface area contributed by atoms with Crippen LogP contribution in [-0.4, -0.2) is 27.8 Å². The van der Waals surface area contributed by atoms with Crippen LogP contribution >= 0.6 is 0 Å². The first kappa shape index (κ1) is 15.0. The van der Waals surface area contributed by atoms with Crippen LogP contribution in [-0.2, 0) is 11.3 Å². The molecular weight excluding hydrogens is 274 g/mol. The number of imide groups is 1. The van der Waals surface area contributed by atoms with E-state index in [9.17, 15) is 19.7 Å². The highest BCUT2D eigenvalue weighted by atomic mass is 16.6. The van der Waals surface area contributed by atoms with Crippen LogP contribution in [0.4, 0.5) is 10.5 Å². The van der Waals surface area contributed by atoms with Crippen LogP contribution < -0.4 is 5.32 Å². The monoisotopic (exact) mass is 291 g/mol. The molecule has 1 heterocycles. The second-order valence-electron chi connectivity index (χ2n) is 5.48. The van der Waals surface area contributed by atoms with Crippen LogP contribution in [0.2, 0.25) is 0 Å². The van der Waals surface area contributed by atoms with Crippen LogP contribution in [0.1, 0.15) is 25.8 Å². The molecule has 0 bridgehead atoms. The van der Waals surface area contributed by atoms with Gasteiger partial charge < -0.3 is 5.32 Å². The fraction of sp³-hybridized carbons (Fsp3) is 0.429. The number of carbonyl (C=O) groups is 2. The number of carbonyl (C=O) groups excluding carboxylic acids is 2. The van der Waals surface area contributed by atoms with Crippen molar-refractivity contribution in [3.05, 3.63) is 39.9 Å². The molecule has 0 saturated carbocycles. The van der Waals surface area contributed by atoms with Crippen molar-refractivity contribution >= 4 is 17.6 Å². The molecule has 7 nitrogen and oxygen atoms in total. The van der Waals surface area contributed by atoms with Gasteiger partial charge in [0.25, 0.3) is 11.6 Å². The third-order valence-electron chi connectivity index (χ3n) is 3.28. The third kappa shape index (κ3) is 3.36. The van der Waals surface area contributed by atoms with E-state index in [-0.39, 0.29) is 24.1 Å². The molecule has 0 radical (unpaired) electrons. The molecular formula is C14H17N3O4. The highest BCUT2D eigenvalue weighted by Crippen LogP contribution is 2.19. The summed E-state index contributed by atoms with van der Waals surface area (Å²) < 4.78 is 0. The van der Waals surface area contributed by atoms with E-state index in [2.05, 4.69) is 5.32 Å². The van der Waals surface area contributed by atoms with Crippen LogP contribution in [0.3, 0.4) is 0 Å². The van der Waals surface area contributed by atoms with Crippen LogP contribution in [0.5, 0.6) is 0 Å². The molecule has 1 unspecified atom stereocenters.